The smallest absolute Gasteiger partial charge is 0.0136 e. The predicted octanol–water partition coefficient (Wildman–Crippen LogP) is 2.43. The van der Waals surface area contributed by atoms with Crippen molar-refractivity contribution in [2.24, 2.45) is 0 Å². The fourth-order valence-electron chi connectivity index (χ4n) is 1.42. The lowest BCUT2D eigenvalue weighted by atomic mass is 9.81. The minimum absolute atomic E-state index is 1.26. The van der Waals surface area contributed by atoms with Crippen molar-refractivity contribution < 1.29 is 0 Å². The molecule has 0 nitrogen and oxygen atoms in total. The number of rotatable bonds is 0. The van der Waals surface area contributed by atoms with Gasteiger partial charge in [0.25, 0.3) is 0 Å². The Hall–Kier alpha value is -0.520. The van der Waals surface area contributed by atoms with Gasteiger partial charge in [-0.15, -0.1) is 0 Å². The Morgan fingerprint density at radius 3 is 1.62 bits per heavy atom. The highest BCUT2D eigenvalue weighted by Gasteiger charge is 2.16. The normalized spacial score (nSPS) is 25.0. The summed E-state index contributed by atoms with van der Waals surface area (Å²) >= 11 is 0. The molecule has 0 fully saturated rings. The summed E-state index contributed by atoms with van der Waals surface area (Å²) in [6, 6.07) is 0. The molecule has 0 aromatic carbocycles. The van der Waals surface area contributed by atoms with Crippen LogP contribution in [-0.2, 0) is 0 Å². The average molecular weight is 106 g/mol. The molecule has 0 atom stereocenters. The molecular formula is C8H10. The molecule has 0 amide bonds. The van der Waals surface area contributed by atoms with Crippen LogP contribution in [0.2, 0.25) is 0 Å². The van der Waals surface area contributed by atoms with Gasteiger partial charge in [0.1, 0.15) is 0 Å². The molecule has 0 heteroatoms. The molecule has 0 aliphatic heterocycles. The lowest BCUT2D eigenvalue weighted by Gasteiger charge is -2.24. The van der Waals surface area contributed by atoms with Gasteiger partial charge < -0.3 is 0 Å². The van der Waals surface area contributed by atoms with Crippen molar-refractivity contribution >= 4 is 0 Å². The first-order valence-corrected chi connectivity index (χ1v) is 3.31. The molecule has 0 radical (unpaired) electrons. The first kappa shape index (κ1) is 4.37. The number of hydrogen-bond donors (Lipinski definition) is 0. The summed E-state index contributed by atoms with van der Waals surface area (Å²) in [4.78, 5) is 0. The van der Waals surface area contributed by atoms with E-state index in [-0.39, 0.29) is 0 Å². The Kier molecular flexibility index (Phi) is 0.806. The van der Waals surface area contributed by atoms with Crippen molar-refractivity contribution in [3.8, 4) is 0 Å². The van der Waals surface area contributed by atoms with Gasteiger partial charge in [0.05, 0.1) is 0 Å². The summed E-state index contributed by atoms with van der Waals surface area (Å²) in [6.07, 6.45) is 9.88. The molecule has 0 saturated carbocycles. The van der Waals surface area contributed by atoms with Gasteiger partial charge in [-0.3, -0.25) is 0 Å². The molecule has 2 aliphatic carbocycles. The summed E-state index contributed by atoms with van der Waals surface area (Å²) < 4.78 is 0. The molecule has 42 valence electrons. The molecule has 0 aromatic heterocycles. The Balaban J connectivity index is 2.23. The van der Waals surface area contributed by atoms with Crippen LogP contribution in [0.1, 0.15) is 25.7 Å². The maximum atomic E-state index is 2.29. The molecule has 0 aromatic rings. The minimum Gasteiger partial charge on any atom is -0.0841 e. The van der Waals surface area contributed by atoms with Crippen molar-refractivity contribution in [2.45, 2.75) is 25.7 Å². The van der Waals surface area contributed by atoms with E-state index >= 15 is 0 Å². The molecule has 0 unspecified atom stereocenters. The molecule has 0 spiro atoms. The highest BCUT2D eigenvalue weighted by molar-refractivity contribution is 5.31. The highest BCUT2D eigenvalue weighted by atomic mass is 14.2. The molecular weight excluding hydrogens is 96.1 g/mol. The van der Waals surface area contributed by atoms with Crippen LogP contribution in [0, 0.1) is 0 Å². The summed E-state index contributed by atoms with van der Waals surface area (Å²) in [6.45, 7) is 0. The van der Waals surface area contributed by atoms with E-state index in [9.17, 15) is 0 Å². The Morgan fingerprint density at radius 2 is 1.38 bits per heavy atom. The van der Waals surface area contributed by atoms with Crippen molar-refractivity contribution in [1.29, 1.82) is 0 Å². The van der Waals surface area contributed by atoms with E-state index in [0.717, 1.165) is 0 Å². The fraction of sp³-hybridized carbons (Fsp3) is 0.500. The quantitative estimate of drug-likeness (QED) is 0.416. The van der Waals surface area contributed by atoms with Gasteiger partial charge >= 0.3 is 0 Å². The lowest BCUT2D eigenvalue weighted by Crippen LogP contribution is -2.05. The lowest BCUT2D eigenvalue weighted by molar-refractivity contribution is 0.733. The van der Waals surface area contributed by atoms with Crippen molar-refractivity contribution in [1.82, 2.24) is 0 Å². The first-order chi connectivity index (χ1) is 3.97. The van der Waals surface area contributed by atoms with E-state index in [2.05, 4.69) is 12.2 Å². The average Bonchev–Trinajstić information content (AvgIpc) is 1.72. The van der Waals surface area contributed by atoms with E-state index in [1.165, 1.54) is 25.7 Å². The fourth-order valence-corrected chi connectivity index (χ4v) is 1.42. The molecule has 2 rings (SSSR count). The molecule has 0 saturated heterocycles. The predicted molar refractivity (Wildman–Crippen MR) is 34.6 cm³/mol. The van der Waals surface area contributed by atoms with Crippen LogP contribution < -0.4 is 0 Å². The zero-order chi connectivity index (χ0) is 5.40. The standard InChI is InChI=1S/C8H10/c1-2-4-8-6-5-7(8)3-1/h1-2H,3-6H2. The van der Waals surface area contributed by atoms with Crippen LogP contribution in [0.3, 0.4) is 0 Å². The molecule has 2 aliphatic rings. The van der Waals surface area contributed by atoms with Crippen LogP contribution in [0.4, 0.5) is 0 Å². The summed E-state index contributed by atoms with van der Waals surface area (Å²) in [5.41, 5.74) is 3.46. The molecule has 0 bridgehead atoms. The number of hydrogen-bond acceptors (Lipinski definition) is 0. The second-order valence-electron chi connectivity index (χ2n) is 2.59. The van der Waals surface area contributed by atoms with Gasteiger partial charge in [-0.2, -0.15) is 0 Å². The van der Waals surface area contributed by atoms with Crippen molar-refractivity contribution in [2.75, 3.05) is 0 Å². The van der Waals surface area contributed by atoms with Crippen molar-refractivity contribution in [3.63, 3.8) is 0 Å². The molecule has 8 heavy (non-hydrogen) atoms. The Labute approximate surface area is 49.9 Å². The maximum Gasteiger partial charge on any atom is -0.0136 e. The van der Waals surface area contributed by atoms with Gasteiger partial charge in [0.15, 0.2) is 0 Å². The van der Waals surface area contributed by atoms with Crippen LogP contribution in [0.5, 0.6) is 0 Å². The third kappa shape index (κ3) is 0.459. The highest BCUT2D eigenvalue weighted by Crippen LogP contribution is 2.35. The van der Waals surface area contributed by atoms with Crippen LogP contribution in [-0.4, -0.2) is 0 Å². The number of allylic oxidation sites excluding steroid dienone is 4. The third-order valence-corrected chi connectivity index (χ3v) is 2.12. The Morgan fingerprint density at radius 1 is 0.875 bits per heavy atom. The van der Waals surface area contributed by atoms with Crippen LogP contribution >= 0.6 is 0 Å². The van der Waals surface area contributed by atoms with Gasteiger partial charge in [-0.1, -0.05) is 23.3 Å². The monoisotopic (exact) mass is 106 g/mol. The van der Waals surface area contributed by atoms with E-state index < -0.39 is 0 Å². The first-order valence-electron chi connectivity index (χ1n) is 3.31. The Bertz CT molecular complexity index is 143. The zero-order valence-electron chi connectivity index (χ0n) is 4.98. The topological polar surface area (TPSA) is 0 Å². The summed E-state index contributed by atoms with van der Waals surface area (Å²) in [7, 11) is 0. The van der Waals surface area contributed by atoms with Crippen LogP contribution in [0.25, 0.3) is 0 Å². The zero-order valence-corrected chi connectivity index (χ0v) is 4.98. The molecule has 0 N–H and O–H groups in total. The molecule has 0 heterocycles. The van der Waals surface area contributed by atoms with Gasteiger partial charge in [-0.25, -0.2) is 0 Å². The van der Waals surface area contributed by atoms with Crippen LogP contribution in [0.15, 0.2) is 23.3 Å². The largest absolute Gasteiger partial charge is 0.0841 e. The second kappa shape index (κ2) is 1.48. The van der Waals surface area contributed by atoms with Crippen molar-refractivity contribution in [3.05, 3.63) is 23.3 Å². The van der Waals surface area contributed by atoms with E-state index in [1.807, 2.05) is 0 Å². The third-order valence-electron chi connectivity index (χ3n) is 2.12. The van der Waals surface area contributed by atoms with E-state index in [0.29, 0.717) is 0 Å². The van der Waals surface area contributed by atoms with E-state index in [1.54, 1.807) is 11.1 Å². The maximum absolute atomic E-state index is 2.29. The SMILES string of the molecule is C1=CCC2=C(C1)CC2. The van der Waals surface area contributed by atoms with Gasteiger partial charge in [0.2, 0.25) is 0 Å². The summed E-state index contributed by atoms with van der Waals surface area (Å²) in [5.74, 6) is 0. The second-order valence-corrected chi connectivity index (χ2v) is 2.59. The van der Waals surface area contributed by atoms with Gasteiger partial charge in [-0.05, 0) is 25.7 Å². The van der Waals surface area contributed by atoms with E-state index in [4.69, 9.17) is 0 Å². The summed E-state index contributed by atoms with van der Waals surface area (Å²) in [5, 5.41) is 0. The van der Waals surface area contributed by atoms with Gasteiger partial charge in [0, 0.05) is 0 Å². The minimum atomic E-state index is 1.26.